The molecule has 0 amide bonds. The van der Waals surface area contributed by atoms with E-state index in [2.05, 4.69) is 51.8 Å². The molecule has 2 heterocycles. The average molecular weight is 335 g/mol. The first-order valence-electron chi connectivity index (χ1n) is 8.04. The van der Waals surface area contributed by atoms with Crippen molar-refractivity contribution in [2.75, 3.05) is 5.32 Å². The summed E-state index contributed by atoms with van der Waals surface area (Å²) in [6.45, 7) is 0. The number of aromatic nitrogens is 3. The van der Waals surface area contributed by atoms with Gasteiger partial charge in [0.25, 0.3) is 0 Å². The van der Waals surface area contributed by atoms with Crippen LogP contribution in [0.2, 0.25) is 5.02 Å². The lowest BCUT2D eigenvalue weighted by Gasteiger charge is -2.34. The molecule has 1 atom stereocenters. The summed E-state index contributed by atoms with van der Waals surface area (Å²) in [7, 11) is 0. The maximum Gasteiger partial charge on any atom is 0.226 e. The minimum Gasteiger partial charge on any atom is -0.324 e. The SMILES string of the molecule is Clc1ccc([C@H]2C3=C(Nc4ncnn42)c2ccccc2CC3)cc1. The maximum absolute atomic E-state index is 6.07. The Kier molecular flexibility index (Phi) is 3.00. The van der Waals surface area contributed by atoms with Gasteiger partial charge in [0.15, 0.2) is 0 Å². The molecule has 24 heavy (non-hydrogen) atoms. The molecule has 2 aliphatic rings. The van der Waals surface area contributed by atoms with E-state index in [4.69, 9.17) is 11.6 Å². The van der Waals surface area contributed by atoms with Crippen LogP contribution in [0.4, 0.5) is 5.95 Å². The summed E-state index contributed by atoms with van der Waals surface area (Å²) in [4.78, 5) is 4.39. The van der Waals surface area contributed by atoms with E-state index in [0.29, 0.717) is 0 Å². The predicted octanol–water partition coefficient (Wildman–Crippen LogP) is 4.30. The van der Waals surface area contributed by atoms with Crippen molar-refractivity contribution in [3.63, 3.8) is 0 Å². The molecule has 5 heteroatoms. The van der Waals surface area contributed by atoms with Crippen LogP contribution in [0.3, 0.4) is 0 Å². The van der Waals surface area contributed by atoms with Gasteiger partial charge in [0.1, 0.15) is 12.4 Å². The van der Waals surface area contributed by atoms with Crippen LogP contribution in [0, 0.1) is 0 Å². The summed E-state index contributed by atoms with van der Waals surface area (Å²) in [5.74, 6) is 0.783. The van der Waals surface area contributed by atoms with Crippen LogP contribution in [0.15, 0.2) is 60.4 Å². The Bertz CT molecular complexity index is 956. The number of hydrogen-bond donors (Lipinski definition) is 1. The number of benzene rings is 2. The summed E-state index contributed by atoms with van der Waals surface area (Å²) >= 11 is 6.07. The third kappa shape index (κ3) is 2.00. The number of rotatable bonds is 1. The van der Waals surface area contributed by atoms with Gasteiger partial charge >= 0.3 is 0 Å². The van der Waals surface area contributed by atoms with Gasteiger partial charge in [0.05, 0.1) is 5.70 Å². The van der Waals surface area contributed by atoms with Crippen LogP contribution in [0.5, 0.6) is 0 Å². The minimum absolute atomic E-state index is 0.0596. The molecule has 0 spiro atoms. The maximum atomic E-state index is 6.07. The highest BCUT2D eigenvalue weighted by Crippen LogP contribution is 2.43. The molecule has 0 unspecified atom stereocenters. The van der Waals surface area contributed by atoms with Gasteiger partial charge in [0.2, 0.25) is 5.95 Å². The molecule has 1 aromatic heterocycles. The van der Waals surface area contributed by atoms with E-state index >= 15 is 0 Å². The van der Waals surface area contributed by atoms with E-state index in [1.54, 1.807) is 6.33 Å². The molecule has 0 radical (unpaired) electrons. The van der Waals surface area contributed by atoms with Crippen molar-refractivity contribution in [2.24, 2.45) is 0 Å². The second-order valence-corrected chi connectivity index (χ2v) is 6.60. The van der Waals surface area contributed by atoms with Gasteiger partial charge in [-0.2, -0.15) is 10.1 Å². The van der Waals surface area contributed by atoms with Crippen molar-refractivity contribution >= 4 is 23.2 Å². The minimum atomic E-state index is 0.0596. The lowest BCUT2D eigenvalue weighted by molar-refractivity contribution is 0.562. The number of nitrogens with zero attached hydrogens (tertiary/aromatic N) is 3. The normalized spacial score (nSPS) is 18.5. The molecular weight excluding hydrogens is 320 g/mol. The summed E-state index contributed by atoms with van der Waals surface area (Å²) in [6, 6.07) is 16.7. The second-order valence-electron chi connectivity index (χ2n) is 6.16. The van der Waals surface area contributed by atoms with E-state index in [1.165, 1.54) is 28.0 Å². The fraction of sp³-hybridized carbons (Fsp3) is 0.158. The standard InChI is InChI=1S/C19H15ClN4/c20-14-8-5-13(6-9-14)18-16-10-7-12-3-1-2-4-15(12)17(16)23-19-21-11-22-24(18)19/h1-6,8-9,11,18H,7,10H2,(H,21,22,23)/t18-/m0/s1. The van der Waals surface area contributed by atoms with E-state index in [1.807, 2.05) is 16.8 Å². The van der Waals surface area contributed by atoms with Crippen LogP contribution < -0.4 is 5.32 Å². The van der Waals surface area contributed by atoms with Gasteiger partial charge in [-0.3, -0.25) is 0 Å². The van der Waals surface area contributed by atoms with E-state index in [-0.39, 0.29) is 6.04 Å². The summed E-state index contributed by atoms with van der Waals surface area (Å²) in [5.41, 5.74) is 6.37. The van der Waals surface area contributed by atoms with Crippen molar-refractivity contribution in [2.45, 2.75) is 18.9 Å². The second kappa shape index (κ2) is 5.21. The molecule has 118 valence electrons. The first-order valence-corrected chi connectivity index (χ1v) is 8.42. The Morgan fingerprint density at radius 1 is 1.04 bits per heavy atom. The van der Waals surface area contributed by atoms with Crippen LogP contribution in [0.25, 0.3) is 5.70 Å². The Labute approximate surface area is 144 Å². The molecule has 2 aromatic carbocycles. The molecule has 0 saturated heterocycles. The van der Waals surface area contributed by atoms with Crippen LogP contribution in [-0.2, 0) is 6.42 Å². The number of nitrogens with one attached hydrogen (secondary N) is 1. The van der Waals surface area contributed by atoms with Crippen molar-refractivity contribution in [1.29, 1.82) is 0 Å². The topological polar surface area (TPSA) is 42.7 Å². The van der Waals surface area contributed by atoms with Gasteiger partial charge in [-0.25, -0.2) is 4.68 Å². The Balaban J connectivity index is 1.73. The third-order valence-corrected chi connectivity index (χ3v) is 5.09. The zero-order valence-electron chi connectivity index (χ0n) is 12.9. The third-order valence-electron chi connectivity index (χ3n) is 4.84. The zero-order chi connectivity index (χ0) is 16.1. The zero-order valence-corrected chi connectivity index (χ0v) is 13.7. The monoisotopic (exact) mass is 334 g/mol. The molecule has 5 rings (SSSR count). The number of halogens is 1. The smallest absolute Gasteiger partial charge is 0.226 e. The molecule has 4 nitrogen and oxygen atoms in total. The largest absolute Gasteiger partial charge is 0.324 e. The van der Waals surface area contributed by atoms with Gasteiger partial charge in [-0.05, 0) is 41.7 Å². The van der Waals surface area contributed by atoms with Crippen molar-refractivity contribution in [1.82, 2.24) is 14.8 Å². The highest BCUT2D eigenvalue weighted by molar-refractivity contribution is 6.30. The number of hydrogen-bond acceptors (Lipinski definition) is 3. The lowest BCUT2D eigenvalue weighted by atomic mass is 9.83. The van der Waals surface area contributed by atoms with Crippen LogP contribution >= 0.6 is 11.6 Å². The van der Waals surface area contributed by atoms with Crippen molar-refractivity contribution < 1.29 is 0 Å². The fourth-order valence-corrected chi connectivity index (χ4v) is 3.87. The highest BCUT2D eigenvalue weighted by Gasteiger charge is 2.33. The molecule has 3 aromatic rings. The van der Waals surface area contributed by atoms with Gasteiger partial charge in [-0.15, -0.1) is 0 Å². The molecule has 1 aliphatic carbocycles. The van der Waals surface area contributed by atoms with E-state index < -0.39 is 0 Å². The fourth-order valence-electron chi connectivity index (χ4n) is 3.75. The number of anilines is 1. The van der Waals surface area contributed by atoms with Gasteiger partial charge in [-0.1, -0.05) is 48.0 Å². The Morgan fingerprint density at radius 3 is 2.75 bits per heavy atom. The van der Waals surface area contributed by atoms with Gasteiger partial charge in [0, 0.05) is 10.6 Å². The van der Waals surface area contributed by atoms with E-state index in [9.17, 15) is 0 Å². The van der Waals surface area contributed by atoms with Crippen LogP contribution in [-0.4, -0.2) is 14.8 Å². The van der Waals surface area contributed by atoms with Crippen molar-refractivity contribution in [3.05, 3.63) is 82.1 Å². The number of fused-ring (bicyclic) bond motifs is 3. The molecule has 0 bridgehead atoms. The summed E-state index contributed by atoms with van der Waals surface area (Å²) < 4.78 is 1.97. The average Bonchev–Trinajstić information content (AvgIpc) is 3.09. The molecule has 1 aliphatic heterocycles. The Morgan fingerprint density at radius 2 is 1.88 bits per heavy atom. The first-order chi connectivity index (χ1) is 11.8. The highest BCUT2D eigenvalue weighted by atomic mass is 35.5. The molecule has 0 saturated carbocycles. The molecule has 1 N–H and O–H groups in total. The number of aryl methyl sites for hydroxylation is 1. The quantitative estimate of drug-likeness (QED) is 0.721. The summed E-state index contributed by atoms with van der Waals surface area (Å²) in [5, 5.41) is 8.69. The number of allylic oxidation sites excluding steroid dienone is 1. The van der Waals surface area contributed by atoms with Gasteiger partial charge < -0.3 is 5.32 Å². The van der Waals surface area contributed by atoms with E-state index in [0.717, 1.165) is 23.8 Å². The van der Waals surface area contributed by atoms with Crippen LogP contribution in [0.1, 0.15) is 29.2 Å². The summed E-state index contributed by atoms with van der Waals surface area (Å²) in [6.07, 6.45) is 3.66. The first kappa shape index (κ1) is 13.8. The van der Waals surface area contributed by atoms with Crippen molar-refractivity contribution in [3.8, 4) is 0 Å². The lowest BCUT2D eigenvalue weighted by Crippen LogP contribution is -2.27. The predicted molar refractivity (Wildman–Crippen MR) is 94.9 cm³/mol. The Hall–Kier alpha value is -2.59. The molecular formula is C19H15ClN4. The molecule has 0 fully saturated rings.